The maximum atomic E-state index is 5.01. The number of nitrogens with zero attached hydrogens (tertiary/aromatic N) is 3. The van der Waals surface area contributed by atoms with Gasteiger partial charge in [0.15, 0.2) is 0 Å². The van der Waals surface area contributed by atoms with E-state index in [2.05, 4.69) is 74.7 Å². The molecule has 1 aromatic rings. The van der Waals surface area contributed by atoms with Crippen molar-refractivity contribution in [2.75, 3.05) is 20.1 Å². The Morgan fingerprint density at radius 3 is 2.59 bits per heavy atom. The van der Waals surface area contributed by atoms with E-state index in [0.717, 1.165) is 47.9 Å². The fourth-order valence-corrected chi connectivity index (χ4v) is 5.12. The summed E-state index contributed by atoms with van der Waals surface area (Å²) in [5, 5.41) is 0. The number of hydrogen-bond donors (Lipinski definition) is 0. The van der Waals surface area contributed by atoms with Gasteiger partial charge in [-0.05, 0) is 43.4 Å². The Morgan fingerprint density at radius 1 is 1.17 bits per heavy atom. The van der Waals surface area contributed by atoms with E-state index in [1.54, 1.807) is 0 Å². The molecule has 0 radical (unpaired) electrons. The van der Waals surface area contributed by atoms with Gasteiger partial charge in [-0.2, -0.15) is 0 Å². The van der Waals surface area contributed by atoms with E-state index in [-0.39, 0.29) is 5.41 Å². The lowest BCUT2D eigenvalue weighted by molar-refractivity contribution is 0.301. The molecule has 152 valence electrons. The normalized spacial score (nSPS) is 21.4. The van der Waals surface area contributed by atoms with E-state index >= 15 is 0 Å². The van der Waals surface area contributed by atoms with Gasteiger partial charge in [0, 0.05) is 32.0 Å². The Labute approximate surface area is 175 Å². The summed E-state index contributed by atoms with van der Waals surface area (Å²) in [4.78, 5) is 9.67. The highest BCUT2D eigenvalue weighted by molar-refractivity contribution is 5.89. The smallest absolute Gasteiger partial charge is 0.110 e. The Kier molecular flexibility index (Phi) is 5.02. The highest BCUT2D eigenvalue weighted by Gasteiger charge is 2.40. The molecule has 3 nitrogen and oxygen atoms in total. The largest absolute Gasteiger partial charge is 0.372 e. The van der Waals surface area contributed by atoms with Crippen LogP contribution in [0.2, 0.25) is 0 Å². The molecule has 3 heteroatoms. The minimum atomic E-state index is 0.144. The molecule has 1 aromatic carbocycles. The zero-order chi connectivity index (χ0) is 20.8. The van der Waals surface area contributed by atoms with Crippen LogP contribution in [-0.2, 0) is 5.41 Å². The van der Waals surface area contributed by atoms with Crippen LogP contribution < -0.4 is 0 Å². The highest BCUT2D eigenvalue weighted by atomic mass is 15.3. The van der Waals surface area contributed by atoms with Gasteiger partial charge in [0.25, 0.3) is 0 Å². The van der Waals surface area contributed by atoms with Crippen LogP contribution >= 0.6 is 0 Å². The third-order valence-electron chi connectivity index (χ3n) is 7.05. The topological polar surface area (TPSA) is 18.8 Å². The molecule has 0 amide bonds. The minimum Gasteiger partial charge on any atom is -0.372 e. The van der Waals surface area contributed by atoms with Gasteiger partial charge >= 0.3 is 0 Å². The number of aliphatic imine (C=N–C) groups is 1. The molecule has 0 aromatic heterocycles. The first kappa shape index (κ1) is 19.8. The van der Waals surface area contributed by atoms with Crippen molar-refractivity contribution in [3.63, 3.8) is 0 Å². The Bertz CT molecular complexity index is 940. The summed E-state index contributed by atoms with van der Waals surface area (Å²) in [5.41, 5.74) is 8.26. The molecule has 0 unspecified atom stereocenters. The van der Waals surface area contributed by atoms with Crippen molar-refractivity contribution in [2.24, 2.45) is 4.99 Å². The van der Waals surface area contributed by atoms with Crippen molar-refractivity contribution in [3.05, 3.63) is 77.8 Å². The molecule has 1 aliphatic carbocycles. The van der Waals surface area contributed by atoms with Crippen LogP contribution in [0.5, 0.6) is 0 Å². The van der Waals surface area contributed by atoms with Crippen molar-refractivity contribution in [1.29, 1.82) is 0 Å². The molecule has 0 N–H and O–H groups in total. The molecule has 4 rings (SSSR count). The van der Waals surface area contributed by atoms with Gasteiger partial charge in [-0.3, -0.25) is 0 Å². The lowest BCUT2D eigenvalue weighted by atomic mass is 9.74. The van der Waals surface area contributed by atoms with E-state index < -0.39 is 0 Å². The Morgan fingerprint density at radius 2 is 1.90 bits per heavy atom. The van der Waals surface area contributed by atoms with Crippen molar-refractivity contribution >= 4 is 11.4 Å². The number of hydrogen-bond acceptors (Lipinski definition) is 3. The summed E-state index contributed by atoms with van der Waals surface area (Å²) < 4.78 is 0. The van der Waals surface area contributed by atoms with Gasteiger partial charge in [-0.1, -0.05) is 62.4 Å². The third-order valence-corrected chi connectivity index (χ3v) is 7.05. The number of piperazine rings is 1. The summed E-state index contributed by atoms with van der Waals surface area (Å²) in [6.45, 7) is 18.9. The summed E-state index contributed by atoms with van der Waals surface area (Å²) in [5.74, 6) is 1.16. The summed E-state index contributed by atoms with van der Waals surface area (Å²) in [6.07, 6.45) is 5.94. The molecule has 0 bridgehead atoms. The summed E-state index contributed by atoms with van der Waals surface area (Å²) >= 11 is 0. The van der Waals surface area contributed by atoms with Gasteiger partial charge < -0.3 is 9.80 Å². The first-order valence-corrected chi connectivity index (χ1v) is 10.7. The molecule has 2 fully saturated rings. The van der Waals surface area contributed by atoms with Crippen LogP contribution in [0.25, 0.3) is 5.57 Å². The number of rotatable bonds is 4. The zero-order valence-corrected chi connectivity index (χ0v) is 18.2. The van der Waals surface area contributed by atoms with Crippen LogP contribution in [0.4, 0.5) is 0 Å². The van der Waals surface area contributed by atoms with Crippen LogP contribution in [0.3, 0.4) is 0 Å². The molecule has 0 spiro atoms. The molecule has 0 atom stereocenters. The summed E-state index contributed by atoms with van der Waals surface area (Å²) in [6, 6.07) is 9.02. The van der Waals surface area contributed by atoms with E-state index in [4.69, 9.17) is 4.99 Å². The molecule has 2 aliphatic heterocycles. The minimum absolute atomic E-state index is 0.144. The predicted octanol–water partition coefficient (Wildman–Crippen LogP) is 5.88. The number of benzene rings is 1. The lowest BCUT2D eigenvalue weighted by Gasteiger charge is -2.44. The van der Waals surface area contributed by atoms with Crippen molar-refractivity contribution in [2.45, 2.75) is 51.4 Å². The molecule has 1 saturated carbocycles. The molecule has 3 aliphatic rings. The van der Waals surface area contributed by atoms with E-state index in [1.165, 1.54) is 42.5 Å². The first-order chi connectivity index (χ1) is 13.8. The second-order valence-electron chi connectivity index (χ2n) is 8.99. The van der Waals surface area contributed by atoms with Gasteiger partial charge in [0.1, 0.15) is 5.84 Å². The fraction of sp³-hybridized carbons (Fsp3) is 0.423. The van der Waals surface area contributed by atoms with Crippen LogP contribution in [0, 0.1) is 0 Å². The van der Waals surface area contributed by atoms with E-state index in [9.17, 15) is 0 Å². The zero-order valence-electron chi connectivity index (χ0n) is 18.2. The van der Waals surface area contributed by atoms with Crippen molar-refractivity contribution in [3.8, 4) is 0 Å². The van der Waals surface area contributed by atoms with Gasteiger partial charge in [-0.25, -0.2) is 4.99 Å². The van der Waals surface area contributed by atoms with Crippen LogP contribution in [-0.4, -0.2) is 35.8 Å². The molecule has 29 heavy (non-hydrogen) atoms. The van der Waals surface area contributed by atoms with E-state index in [0.29, 0.717) is 0 Å². The molecular formula is C26H33N3. The average molecular weight is 388 g/mol. The molecule has 1 saturated heterocycles. The van der Waals surface area contributed by atoms with E-state index in [1.807, 2.05) is 0 Å². The summed E-state index contributed by atoms with van der Waals surface area (Å²) in [7, 11) is 2.12. The van der Waals surface area contributed by atoms with Crippen molar-refractivity contribution < 1.29 is 0 Å². The van der Waals surface area contributed by atoms with Crippen molar-refractivity contribution in [1.82, 2.24) is 9.80 Å². The predicted molar refractivity (Wildman–Crippen MR) is 124 cm³/mol. The maximum Gasteiger partial charge on any atom is 0.110 e. The second kappa shape index (κ2) is 7.37. The Hall–Kier alpha value is -2.55. The van der Waals surface area contributed by atoms with Gasteiger partial charge in [0.05, 0.1) is 17.1 Å². The second-order valence-corrected chi connectivity index (χ2v) is 8.99. The highest BCUT2D eigenvalue weighted by Crippen LogP contribution is 2.46. The number of amidine groups is 1. The molecular weight excluding hydrogens is 354 g/mol. The molecule has 2 heterocycles. The lowest BCUT2D eigenvalue weighted by Crippen LogP contribution is -2.47. The SMILES string of the molecule is C=C1N=C(CC2(c3cccc(C(=C)C)c3)CCCC2)N2CCN(C)C(=C)C2=C1C. The Balaban J connectivity index is 1.72. The van der Waals surface area contributed by atoms with Crippen LogP contribution in [0.15, 0.2) is 71.7 Å². The number of allylic oxidation sites excluding steroid dienone is 2. The van der Waals surface area contributed by atoms with Gasteiger partial charge in [-0.15, -0.1) is 0 Å². The number of fused-ring (bicyclic) bond motifs is 1. The standard InChI is InChI=1S/C26H33N3/c1-18(2)22-10-9-11-23(16-22)26(12-7-8-13-26)17-24-27-20(4)19(3)25-21(5)28(6)14-15-29(24)25/h9-11,16H,1,4-5,7-8,12-15,17H2,2-3,6H3. The monoisotopic (exact) mass is 387 g/mol. The van der Waals surface area contributed by atoms with Gasteiger partial charge in [0.2, 0.25) is 0 Å². The van der Waals surface area contributed by atoms with Crippen LogP contribution in [0.1, 0.15) is 57.1 Å². The number of likely N-dealkylation sites (N-methyl/N-ethyl adjacent to an activating group) is 1. The fourth-order valence-electron chi connectivity index (χ4n) is 5.12. The maximum absolute atomic E-state index is 5.01. The third kappa shape index (κ3) is 3.37. The quantitative estimate of drug-likeness (QED) is 0.642. The average Bonchev–Trinajstić information content (AvgIpc) is 3.18. The first-order valence-electron chi connectivity index (χ1n) is 10.7.